The van der Waals surface area contributed by atoms with E-state index in [4.69, 9.17) is 11.6 Å². The molecule has 0 saturated heterocycles. The van der Waals surface area contributed by atoms with E-state index >= 15 is 0 Å². The van der Waals surface area contributed by atoms with E-state index in [9.17, 15) is 15.2 Å². The number of hydrogen-bond donors (Lipinski definition) is 2. The molecular weight excluding hydrogens is 292 g/mol. The average molecular weight is 307 g/mol. The van der Waals surface area contributed by atoms with Gasteiger partial charge in [0.2, 0.25) is 0 Å². The van der Waals surface area contributed by atoms with Gasteiger partial charge < -0.3 is 10.4 Å². The molecule has 0 spiro atoms. The highest BCUT2D eigenvalue weighted by Crippen LogP contribution is 2.24. The number of nitrogens with zero attached hydrogens (tertiary/aromatic N) is 1. The Bertz CT molecular complexity index is 674. The third kappa shape index (κ3) is 3.71. The summed E-state index contributed by atoms with van der Waals surface area (Å²) in [7, 11) is 0. The van der Waals surface area contributed by atoms with Crippen LogP contribution in [0, 0.1) is 17.0 Å². The summed E-state index contributed by atoms with van der Waals surface area (Å²) in [5.41, 5.74) is 2.61. The van der Waals surface area contributed by atoms with E-state index < -0.39 is 0 Å². The molecule has 5 nitrogen and oxygen atoms in total. The Morgan fingerprint density at radius 3 is 2.71 bits per heavy atom. The number of aromatic hydroxyl groups is 1. The van der Waals surface area contributed by atoms with Crippen molar-refractivity contribution in [3.05, 3.63) is 68.2 Å². The minimum Gasteiger partial charge on any atom is -0.506 e. The summed E-state index contributed by atoms with van der Waals surface area (Å²) >= 11 is 5.84. The highest BCUT2D eigenvalue weighted by molar-refractivity contribution is 6.32. The van der Waals surface area contributed by atoms with Crippen LogP contribution >= 0.6 is 11.6 Å². The van der Waals surface area contributed by atoms with Crippen molar-refractivity contribution >= 4 is 17.3 Å². The van der Waals surface area contributed by atoms with Crippen LogP contribution in [0.5, 0.6) is 5.75 Å². The lowest BCUT2D eigenvalue weighted by Gasteiger charge is -2.09. The van der Waals surface area contributed by atoms with Crippen LogP contribution in [-0.2, 0) is 13.1 Å². The Kier molecular flexibility index (Phi) is 4.77. The largest absolute Gasteiger partial charge is 0.506 e. The molecule has 2 N–H and O–H groups in total. The van der Waals surface area contributed by atoms with Gasteiger partial charge in [0.25, 0.3) is 5.69 Å². The van der Waals surface area contributed by atoms with E-state index in [2.05, 4.69) is 5.32 Å². The monoisotopic (exact) mass is 306 g/mol. The molecule has 2 rings (SSSR count). The van der Waals surface area contributed by atoms with Crippen LogP contribution in [-0.4, -0.2) is 10.0 Å². The van der Waals surface area contributed by atoms with Crippen LogP contribution in [0.4, 0.5) is 5.69 Å². The summed E-state index contributed by atoms with van der Waals surface area (Å²) in [6.07, 6.45) is 0. The predicted molar refractivity (Wildman–Crippen MR) is 81.5 cm³/mol. The van der Waals surface area contributed by atoms with Crippen LogP contribution in [0.1, 0.15) is 16.7 Å². The molecule has 21 heavy (non-hydrogen) atoms. The van der Waals surface area contributed by atoms with Crippen LogP contribution in [0.25, 0.3) is 0 Å². The fraction of sp³-hybridized carbons (Fsp3) is 0.200. The molecular formula is C15H15ClN2O3. The first-order chi connectivity index (χ1) is 9.99. The molecule has 0 atom stereocenters. The number of halogens is 1. The molecule has 0 radical (unpaired) electrons. The molecule has 2 aromatic rings. The molecule has 0 bridgehead atoms. The molecule has 6 heteroatoms. The van der Waals surface area contributed by atoms with E-state index in [1.807, 2.05) is 6.07 Å². The molecule has 0 saturated carbocycles. The normalized spacial score (nSPS) is 10.6. The fourth-order valence-corrected chi connectivity index (χ4v) is 2.26. The van der Waals surface area contributed by atoms with Gasteiger partial charge in [0.15, 0.2) is 0 Å². The summed E-state index contributed by atoms with van der Waals surface area (Å²) in [4.78, 5) is 10.5. The smallest absolute Gasteiger partial charge is 0.272 e. The first-order valence-electron chi connectivity index (χ1n) is 6.40. The van der Waals surface area contributed by atoms with Crippen LogP contribution in [0.15, 0.2) is 36.4 Å². The standard InChI is InChI=1S/C15H15ClN2O3/c1-10-12(3-2-4-14(10)18(20)21)9-17-8-11-5-6-15(19)13(16)7-11/h2-7,17,19H,8-9H2,1H3. The summed E-state index contributed by atoms with van der Waals surface area (Å²) in [6.45, 7) is 2.82. The molecule has 2 aromatic carbocycles. The Balaban J connectivity index is 2.02. The van der Waals surface area contributed by atoms with E-state index in [1.165, 1.54) is 12.1 Å². The lowest BCUT2D eigenvalue weighted by molar-refractivity contribution is -0.385. The van der Waals surface area contributed by atoms with Gasteiger partial charge in [0, 0.05) is 24.7 Å². The average Bonchev–Trinajstić information content (AvgIpc) is 2.44. The minimum atomic E-state index is -0.376. The Morgan fingerprint density at radius 1 is 1.29 bits per heavy atom. The zero-order valence-electron chi connectivity index (χ0n) is 11.5. The Morgan fingerprint density at radius 2 is 2.05 bits per heavy atom. The Labute approximate surface area is 127 Å². The van der Waals surface area contributed by atoms with Gasteiger partial charge in [-0.1, -0.05) is 29.8 Å². The van der Waals surface area contributed by atoms with E-state index in [-0.39, 0.29) is 16.4 Å². The van der Waals surface area contributed by atoms with Crippen molar-refractivity contribution in [1.82, 2.24) is 5.32 Å². The highest BCUT2D eigenvalue weighted by atomic mass is 35.5. The van der Waals surface area contributed by atoms with Gasteiger partial charge in [-0.2, -0.15) is 0 Å². The summed E-state index contributed by atoms with van der Waals surface area (Å²) in [5.74, 6) is 0.0509. The minimum absolute atomic E-state index is 0.0509. The number of benzene rings is 2. The number of rotatable bonds is 5. The van der Waals surface area contributed by atoms with Crippen molar-refractivity contribution in [2.24, 2.45) is 0 Å². The first kappa shape index (κ1) is 15.3. The number of phenols is 1. The molecule has 0 aliphatic carbocycles. The van der Waals surface area contributed by atoms with E-state index in [1.54, 1.807) is 25.1 Å². The van der Waals surface area contributed by atoms with Gasteiger partial charge in [-0.3, -0.25) is 10.1 Å². The lowest BCUT2D eigenvalue weighted by atomic mass is 10.1. The number of phenolic OH excluding ortho intramolecular Hbond substituents is 1. The van der Waals surface area contributed by atoms with E-state index in [0.717, 1.165) is 11.1 Å². The Hall–Kier alpha value is -2.11. The molecule has 0 aliphatic rings. The summed E-state index contributed by atoms with van der Waals surface area (Å²) in [6, 6.07) is 10.0. The van der Waals surface area contributed by atoms with Gasteiger partial charge in [0.1, 0.15) is 5.75 Å². The van der Waals surface area contributed by atoms with Crippen LogP contribution < -0.4 is 5.32 Å². The number of nitro benzene ring substituents is 1. The van der Waals surface area contributed by atoms with Crippen molar-refractivity contribution in [2.75, 3.05) is 0 Å². The van der Waals surface area contributed by atoms with Gasteiger partial charge in [0.05, 0.1) is 9.95 Å². The molecule has 0 aliphatic heterocycles. The number of nitrogens with one attached hydrogen (secondary N) is 1. The van der Waals surface area contributed by atoms with Crippen molar-refractivity contribution in [2.45, 2.75) is 20.0 Å². The van der Waals surface area contributed by atoms with Crippen molar-refractivity contribution < 1.29 is 10.0 Å². The third-order valence-electron chi connectivity index (χ3n) is 3.27. The highest BCUT2D eigenvalue weighted by Gasteiger charge is 2.12. The number of nitro groups is 1. The second kappa shape index (κ2) is 6.56. The maximum absolute atomic E-state index is 10.9. The van der Waals surface area contributed by atoms with Crippen LogP contribution in [0.3, 0.4) is 0 Å². The zero-order valence-corrected chi connectivity index (χ0v) is 12.2. The fourth-order valence-electron chi connectivity index (χ4n) is 2.06. The quantitative estimate of drug-likeness (QED) is 0.654. The lowest BCUT2D eigenvalue weighted by Crippen LogP contribution is -2.13. The van der Waals surface area contributed by atoms with Crippen LogP contribution in [0.2, 0.25) is 5.02 Å². The first-order valence-corrected chi connectivity index (χ1v) is 6.78. The van der Waals surface area contributed by atoms with Gasteiger partial charge in [-0.05, 0) is 30.2 Å². The topological polar surface area (TPSA) is 75.4 Å². The second-order valence-electron chi connectivity index (χ2n) is 4.71. The molecule has 0 amide bonds. The summed E-state index contributed by atoms with van der Waals surface area (Å²) in [5, 5.41) is 23.8. The molecule has 0 fully saturated rings. The zero-order chi connectivity index (χ0) is 15.4. The van der Waals surface area contributed by atoms with Gasteiger partial charge >= 0.3 is 0 Å². The SMILES string of the molecule is Cc1c(CNCc2ccc(O)c(Cl)c2)cccc1[N+](=O)[O-]. The molecule has 0 aromatic heterocycles. The molecule has 0 heterocycles. The van der Waals surface area contributed by atoms with Gasteiger partial charge in [-0.15, -0.1) is 0 Å². The predicted octanol–water partition coefficient (Wildman–Crippen LogP) is 3.55. The second-order valence-corrected chi connectivity index (χ2v) is 5.11. The molecule has 110 valence electrons. The van der Waals surface area contributed by atoms with Gasteiger partial charge in [-0.25, -0.2) is 0 Å². The van der Waals surface area contributed by atoms with E-state index in [0.29, 0.717) is 23.7 Å². The third-order valence-corrected chi connectivity index (χ3v) is 3.57. The number of hydrogen-bond acceptors (Lipinski definition) is 4. The molecule has 0 unspecified atom stereocenters. The van der Waals surface area contributed by atoms with Crippen molar-refractivity contribution in [3.63, 3.8) is 0 Å². The van der Waals surface area contributed by atoms with Crippen molar-refractivity contribution in [3.8, 4) is 5.75 Å². The van der Waals surface area contributed by atoms with Crippen molar-refractivity contribution in [1.29, 1.82) is 0 Å². The summed E-state index contributed by atoms with van der Waals surface area (Å²) < 4.78 is 0. The maximum Gasteiger partial charge on any atom is 0.272 e. The maximum atomic E-state index is 10.9.